The highest BCUT2D eigenvalue weighted by atomic mass is 16.7. The van der Waals surface area contributed by atoms with Crippen molar-refractivity contribution in [3.63, 3.8) is 0 Å². The van der Waals surface area contributed by atoms with Crippen molar-refractivity contribution in [1.82, 2.24) is 0 Å². The molecule has 0 saturated heterocycles. The number of ketones is 1. The van der Waals surface area contributed by atoms with Crippen LogP contribution >= 0.6 is 0 Å². The van der Waals surface area contributed by atoms with Gasteiger partial charge in [0, 0.05) is 25.7 Å². The van der Waals surface area contributed by atoms with E-state index in [0.717, 1.165) is 25.7 Å². The van der Waals surface area contributed by atoms with Crippen molar-refractivity contribution in [3.05, 3.63) is 12.5 Å². The Morgan fingerprint density at radius 1 is 1.14 bits per heavy atom. The minimum absolute atomic E-state index is 0.408. The summed E-state index contributed by atoms with van der Waals surface area (Å²) in [5.41, 5.74) is 0. The van der Waals surface area contributed by atoms with Crippen molar-refractivity contribution in [2.45, 2.75) is 37.9 Å². The molecule has 76 valence electrons. The van der Waals surface area contributed by atoms with E-state index in [1.54, 1.807) is 12.5 Å². The third kappa shape index (κ3) is 1.22. The maximum absolute atomic E-state index is 11.4. The first-order valence-electron chi connectivity index (χ1n) is 5.28. The second-order valence-electron chi connectivity index (χ2n) is 4.74. The lowest BCUT2D eigenvalue weighted by Gasteiger charge is -2.42. The van der Waals surface area contributed by atoms with E-state index in [2.05, 4.69) is 0 Å². The molecule has 0 N–H and O–H groups in total. The first-order chi connectivity index (χ1) is 6.76. The Labute approximate surface area is 83.1 Å². The molecule has 0 radical (unpaired) electrons. The van der Waals surface area contributed by atoms with Crippen LogP contribution in [-0.4, -0.2) is 11.6 Å². The highest BCUT2D eigenvalue weighted by Gasteiger charge is 2.47. The van der Waals surface area contributed by atoms with Crippen LogP contribution < -0.4 is 0 Å². The highest BCUT2D eigenvalue weighted by Crippen LogP contribution is 2.47. The largest absolute Gasteiger partial charge is 0.457 e. The summed E-state index contributed by atoms with van der Waals surface area (Å²) >= 11 is 0. The molecule has 3 rings (SSSR count). The molecule has 2 fully saturated rings. The lowest BCUT2D eigenvalue weighted by atomic mass is 9.69. The SMILES string of the molecule is O=C1CC2CC(C1)CC1(C2)OC=CO1. The van der Waals surface area contributed by atoms with Gasteiger partial charge in [-0.3, -0.25) is 4.79 Å². The standard InChI is InChI=1S/C11H14O3/c12-10-4-8-3-9(5-10)7-11(6-8)13-1-2-14-11/h1-2,8-9H,3-7H2. The topological polar surface area (TPSA) is 35.5 Å². The maximum Gasteiger partial charge on any atom is 0.250 e. The van der Waals surface area contributed by atoms with Gasteiger partial charge in [0.15, 0.2) is 0 Å². The first kappa shape index (κ1) is 8.33. The number of rotatable bonds is 0. The zero-order chi connectivity index (χ0) is 9.60. The molecular formula is C11H14O3. The minimum Gasteiger partial charge on any atom is -0.457 e. The molecule has 2 unspecified atom stereocenters. The average molecular weight is 194 g/mol. The Morgan fingerprint density at radius 2 is 1.71 bits per heavy atom. The van der Waals surface area contributed by atoms with Crippen LogP contribution in [0.5, 0.6) is 0 Å². The van der Waals surface area contributed by atoms with E-state index < -0.39 is 5.79 Å². The molecule has 0 amide bonds. The number of Topliss-reactive ketones (excluding diaryl/α,β-unsaturated/α-hetero) is 1. The van der Waals surface area contributed by atoms with Gasteiger partial charge in [-0.25, -0.2) is 0 Å². The Bertz CT molecular complexity index is 269. The summed E-state index contributed by atoms with van der Waals surface area (Å²) in [4.78, 5) is 11.4. The third-order valence-corrected chi connectivity index (χ3v) is 3.52. The summed E-state index contributed by atoms with van der Waals surface area (Å²) in [5.74, 6) is 0.978. The fourth-order valence-corrected chi connectivity index (χ4v) is 3.16. The predicted molar refractivity (Wildman–Crippen MR) is 49.1 cm³/mol. The summed E-state index contributed by atoms with van der Waals surface area (Å²) in [6.45, 7) is 0. The average Bonchev–Trinajstić information content (AvgIpc) is 2.50. The Hall–Kier alpha value is -0.990. The smallest absolute Gasteiger partial charge is 0.250 e. The van der Waals surface area contributed by atoms with Gasteiger partial charge in [-0.15, -0.1) is 0 Å². The van der Waals surface area contributed by atoms with Gasteiger partial charge < -0.3 is 9.47 Å². The van der Waals surface area contributed by atoms with Crippen LogP contribution in [0.25, 0.3) is 0 Å². The van der Waals surface area contributed by atoms with Crippen molar-refractivity contribution in [2.75, 3.05) is 0 Å². The fraction of sp³-hybridized carbons (Fsp3) is 0.727. The number of fused-ring (bicyclic) bond motifs is 2. The molecule has 1 aliphatic heterocycles. The highest BCUT2D eigenvalue weighted by molar-refractivity contribution is 5.79. The van der Waals surface area contributed by atoms with Crippen molar-refractivity contribution >= 4 is 5.78 Å². The van der Waals surface area contributed by atoms with Crippen molar-refractivity contribution < 1.29 is 14.3 Å². The zero-order valence-corrected chi connectivity index (χ0v) is 8.07. The van der Waals surface area contributed by atoms with Crippen LogP contribution in [0, 0.1) is 11.8 Å². The van der Waals surface area contributed by atoms with Gasteiger partial charge >= 0.3 is 0 Å². The lowest BCUT2D eigenvalue weighted by Crippen LogP contribution is -2.43. The summed E-state index contributed by atoms with van der Waals surface area (Å²) in [5, 5.41) is 0. The second-order valence-corrected chi connectivity index (χ2v) is 4.74. The molecule has 14 heavy (non-hydrogen) atoms. The normalized spacial score (nSPS) is 38.1. The molecule has 1 heterocycles. The van der Waals surface area contributed by atoms with Crippen LogP contribution in [0.3, 0.4) is 0 Å². The van der Waals surface area contributed by atoms with E-state index in [-0.39, 0.29) is 0 Å². The summed E-state index contributed by atoms with van der Waals surface area (Å²) < 4.78 is 11.1. The quantitative estimate of drug-likeness (QED) is 0.591. The molecule has 1 spiro atoms. The number of carbonyl (C=O) groups is 1. The van der Waals surface area contributed by atoms with E-state index >= 15 is 0 Å². The predicted octanol–water partition coefficient (Wildman–Crippen LogP) is 1.98. The van der Waals surface area contributed by atoms with Crippen LogP contribution in [-0.2, 0) is 14.3 Å². The molecule has 2 bridgehead atoms. The van der Waals surface area contributed by atoms with Crippen molar-refractivity contribution in [2.24, 2.45) is 11.8 Å². The van der Waals surface area contributed by atoms with Crippen LogP contribution in [0.1, 0.15) is 32.1 Å². The third-order valence-electron chi connectivity index (χ3n) is 3.52. The first-order valence-corrected chi connectivity index (χ1v) is 5.28. The van der Waals surface area contributed by atoms with Crippen LogP contribution in [0.2, 0.25) is 0 Å². The zero-order valence-electron chi connectivity index (χ0n) is 8.07. The van der Waals surface area contributed by atoms with Crippen molar-refractivity contribution in [3.8, 4) is 0 Å². The molecule has 0 aromatic rings. The molecule has 3 nitrogen and oxygen atoms in total. The van der Waals surface area contributed by atoms with Crippen LogP contribution in [0.4, 0.5) is 0 Å². The molecule has 0 aromatic carbocycles. The molecular weight excluding hydrogens is 180 g/mol. The van der Waals surface area contributed by atoms with Gasteiger partial charge in [0.2, 0.25) is 5.79 Å². The number of carbonyl (C=O) groups excluding carboxylic acids is 1. The number of hydrogen-bond acceptors (Lipinski definition) is 3. The van der Waals surface area contributed by atoms with E-state index in [4.69, 9.17) is 9.47 Å². The van der Waals surface area contributed by atoms with Gasteiger partial charge in [0.1, 0.15) is 18.3 Å². The summed E-state index contributed by atoms with van der Waals surface area (Å²) in [6.07, 6.45) is 7.65. The van der Waals surface area contributed by atoms with Gasteiger partial charge in [-0.05, 0) is 18.3 Å². The Kier molecular flexibility index (Phi) is 1.64. The van der Waals surface area contributed by atoms with Gasteiger partial charge in [0.25, 0.3) is 0 Å². The van der Waals surface area contributed by atoms with Gasteiger partial charge in [-0.1, -0.05) is 0 Å². The Morgan fingerprint density at radius 3 is 2.29 bits per heavy atom. The van der Waals surface area contributed by atoms with Gasteiger partial charge in [-0.2, -0.15) is 0 Å². The summed E-state index contributed by atoms with van der Waals surface area (Å²) in [6, 6.07) is 0. The van der Waals surface area contributed by atoms with E-state index in [0.29, 0.717) is 17.6 Å². The van der Waals surface area contributed by atoms with Crippen LogP contribution in [0.15, 0.2) is 12.5 Å². The van der Waals surface area contributed by atoms with Crippen molar-refractivity contribution in [1.29, 1.82) is 0 Å². The monoisotopic (exact) mass is 194 g/mol. The fourth-order valence-electron chi connectivity index (χ4n) is 3.16. The molecule has 2 aliphatic carbocycles. The molecule has 2 saturated carbocycles. The lowest BCUT2D eigenvalue weighted by molar-refractivity contribution is -0.190. The second kappa shape index (κ2) is 2.75. The summed E-state index contributed by atoms with van der Waals surface area (Å²) in [7, 11) is 0. The molecule has 2 atom stereocenters. The Balaban J connectivity index is 1.79. The molecule has 3 aliphatic rings. The van der Waals surface area contributed by atoms with E-state index in [1.165, 1.54) is 6.42 Å². The minimum atomic E-state index is -0.408. The molecule has 0 aromatic heterocycles. The van der Waals surface area contributed by atoms with E-state index in [1.807, 2.05) is 0 Å². The molecule has 3 heteroatoms. The number of ether oxygens (including phenoxy) is 2. The van der Waals surface area contributed by atoms with E-state index in [9.17, 15) is 4.79 Å². The number of hydrogen-bond donors (Lipinski definition) is 0. The van der Waals surface area contributed by atoms with Gasteiger partial charge in [0.05, 0.1) is 0 Å². The maximum atomic E-state index is 11.4.